The van der Waals surface area contributed by atoms with Crippen molar-refractivity contribution < 1.29 is 39.8 Å². The lowest BCUT2D eigenvalue weighted by Crippen LogP contribution is -2.60. The van der Waals surface area contributed by atoms with E-state index in [4.69, 9.17) is 9.47 Å². The molecule has 41 heavy (non-hydrogen) atoms. The molecular weight excluding hydrogens is 526 g/mol. The van der Waals surface area contributed by atoms with Gasteiger partial charge in [0.25, 0.3) is 0 Å². The number of carbonyl (C=O) groups excluding carboxylic acids is 1. The first-order chi connectivity index (χ1) is 19.8. The fourth-order valence-corrected chi connectivity index (χ4v) is 4.54. The van der Waals surface area contributed by atoms with Crippen LogP contribution < -0.4 is 5.32 Å². The summed E-state index contributed by atoms with van der Waals surface area (Å²) in [7, 11) is 0. The van der Waals surface area contributed by atoms with Crippen molar-refractivity contribution in [2.24, 2.45) is 0 Å². The summed E-state index contributed by atoms with van der Waals surface area (Å²) in [6.45, 7) is 3.50. The number of aliphatic hydroxyl groups excluding tert-OH is 5. The second kappa shape index (κ2) is 23.9. The molecule has 0 bridgehead atoms. The van der Waals surface area contributed by atoms with Gasteiger partial charge in [-0.1, -0.05) is 88.8 Å². The quantitative estimate of drug-likeness (QED) is 0.0786. The van der Waals surface area contributed by atoms with Crippen molar-refractivity contribution in [2.45, 2.75) is 147 Å². The van der Waals surface area contributed by atoms with E-state index in [1.54, 1.807) is 6.08 Å². The van der Waals surface area contributed by atoms with Crippen LogP contribution in [-0.2, 0) is 14.3 Å². The van der Waals surface area contributed by atoms with Gasteiger partial charge in [-0.05, 0) is 44.9 Å². The number of unbranched alkanes of at least 4 members (excludes halogenated alkanes) is 9. The molecule has 0 spiro atoms. The molecule has 9 nitrogen and oxygen atoms in total. The second-order valence-electron chi connectivity index (χ2n) is 10.9. The van der Waals surface area contributed by atoms with Crippen molar-refractivity contribution in [3.8, 4) is 0 Å². The van der Waals surface area contributed by atoms with Gasteiger partial charge < -0.3 is 40.3 Å². The van der Waals surface area contributed by atoms with Gasteiger partial charge in [0.1, 0.15) is 24.4 Å². The minimum atomic E-state index is -1.57. The molecule has 1 saturated heterocycles. The Hall–Kier alpha value is -1.59. The molecule has 0 aromatic carbocycles. The Morgan fingerprint density at radius 1 is 0.805 bits per heavy atom. The predicted octanol–water partition coefficient (Wildman–Crippen LogP) is 3.82. The lowest BCUT2D eigenvalue weighted by atomic mass is 9.99. The maximum absolute atomic E-state index is 12.5. The average Bonchev–Trinajstić information content (AvgIpc) is 2.96. The van der Waals surface area contributed by atoms with Gasteiger partial charge >= 0.3 is 0 Å². The SMILES string of the molecule is CCCCCCC/C=C/CC/C=C/CC/C=C/C(O)C(COC1OC(CO)C(O)C(O)C1O)NC(=O)CCCCC. The Labute approximate surface area is 247 Å². The van der Waals surface area contributed by atoms with E-state index in [2.05, 4.69) is 36.5 Å². The zero-order chi connectivity index (χ0) is 30.3. The van der Waals surface area contributed by atoms with Gasteiger partial charge in [-0.15, -0.1) is 0 Å². The number of carbonyl (C=O) groups is 1. The molecule has 7 unspecified atom stereocenters. The third kappa shape index (κ3) is 16.6. The topological polar surface area (TPSA) is 149 Å². The van der Waals surface area contributed by atoms with Crippen LogP contribution in [-0.4, -0.2) is 87.5 Å². The van der Waals surface area contributed by atoms with E-state index in [0.717, 1.165) is 51.4 Å². The van der Waals surface area contributed by atoms with Crippen molar-refractivity contribution in [3.05, 3.63) is 36.5 Å². The number of allylic oxidation sites excluding steroid dienone is 5. The van der Waals surface area contributed by atoms with Gasteiger partial charge in [-0.25, -0.2) is 0 Å². The van der Waals surface area contributed by atoms with Gasteiger partial charge in [0.15, 0.2) is 6.29 Å². The molecule has 1 fully saturated rings. The van der Waals surface area contributed by atoms with Crippen LogP contribution in [0.3, 0.4) is 0 Å². The van der Waals surface area contributed by atoms with Crippen LogP contribution in [0.1, 0.15) is 104 Å². The average molecular weight is 584 g/mol. The van der Waals surface area contributed by atoms with E-state index in [1.165, 1.54) is 32.1 Å². The van der Waals surface area contributed by atoms with E-state index >= 15 is 0 Å². The molecule has 1 heterocycles. The lowest BCUT2D eigenvalue weighted by molar-refractivity contribution is -0.302. The van der Waals surface area contributed by atoms with Gasteiger partial charge in [0.05, 0.1) is 25.4 Å². The number of hydrogen-bond donors (Lipinski definition) is 6. The predicted molar refractivity (Wildman–Crippen MR) is 161 cm³/mol. The summed E-state index contributed by atoms with van der Waals surface area (Å²) < 4.78 is 11.0. The summed E-state index contributed by atoms with van der Waals surface area (Å²) >= 11 is 0. The smallest absolute Gasteiger partial charge is 0.220 e. The minimum absolute atomic E-state index is 0.208. The molecule has 0 aliphatic carbocycles. The molecule has 9 heteroatoms. The van der Waals surface area contributed by atoms with Gasteiger partial charge in [-0.2, -0.15) is 0 Å². The highest BCUT2D eigenvalue weighted by Gasteiger charge is 2.44. The molecular formula is C32H57NO8. The number of hydrogen-bond acceptors (Lipinski definition) is 8. The normalized spacial score (nSPS) is 24.9. The Kier molecular flexibility index (Phi) is 21.8. The van der Waals surface area contributed by atoms with E-state index in [0.29, 0.717) is 6.42 Å². The van der Waals surface area contributed by atoms with E-state index in [1.807, 2.05) is 13.0 Å². The monoisotopic (exact) mass is 583 g/mol. The van der Waals surface area contributed by atoms with Crippen LogP contribution >= 0.6 is 0 Å². The van der Waals surface area contributed by atoms with E-state index < -0.39 is 49.5 Å². The maximum Gasteiger partial charge on any atom is 0.220 e. The number of ether oxygens (including phenoxy) is 2. The zero-order valence-corrected chi connectivity index (χ0v) is 25.3. The van der Waals surface area contributed by atoms with Crippen molar-refractivity contribution in [1.29, 1.82) is 0 Å². The lowest BCUT2D eigenvalue weighted by Gasteiger charge is -2.40. The highest BCUT2D eigenvalue weighted by Crippen LogP contribution is 2.22. The fraction of sp³-hybridized carbons (Fsp3) is 0.781. The fourth-order valence-electron chi connectivity index (χ4n) is 4.54. The second-order valence-corrected chi connectivity index (χ2v) is 10.9. The van der Waals surface area contributed by atoms with Gasteiger partial charge in [-0.3, -0.25) is 4.79 Å². The maximum atomic E-state index is 12.5. The summed E-state index contributed by atoms with van der Waals surface area (Å²) in [5.41, 5.74) is 0. The summed E-state index contributed by atoms with van der Waals surface area (Å²) in [6.07, 6.45) is 18.4. The van der Waals surface area contributed by atoms with Crippen LogP contribution in [0.2, 0.25) is 0 Å². The zero-order valence-electron chi connectivity index (χ0n) is 25.3. The van der Waals surface area contributed by atoms with Crippen LogP contribution in [0.15, 0.2) is 36.5 Å². The summed E-state index contributed by atoms with van der Waals surface area (Å²) in [4.78, 5) is 12.5. The van der Waals surface area contributed by atoms with Crippen molar-refractivity contribution in [3.63, 3.8) is 0 Å². The molecule has 6 N–H and O–H groups in total. The molecule has 0 radical (unpaired) electrons. The number of amides is 1. The van der Waals surface area contributed by atoms with Crippen molar-refractivity contribution >= 4 is 5.91 Å². The Morgan fingerprint density at radius 3 is 2.02 bits per heavy atom. The van der Waals surface area contributed by atoms with Gasteiger partial charge in [0, 0.05) is 6.42 Å². The van der Waals surface area contributed by atoms with Crippen LogP contribution in [0.5, 0.6) is 0 Å². The Bertz CT molecular complexity index is 741. The molecule has 1 amide bonds. The largest absolute Gasteiger partial charge is 0.394 e. The highest BCUT2D eigenvalue weighted by molar-refractivity contribution is 5.76. The summed E-state index contributed by atoms with van der Waals surface area (Å²) in [5.74, 6) is -0.221. The molecule has 1 aliphatic heterocycles. The molecule has 0 saturated carbocycles. The number of aliphatic hydroxyl groups is 5. The van der Waals surface area contributed by atoms with Crippen molar-refractivity contribution in [2.75, 3.05) is 13.2 Å². The van der Waals surface area contributed by atoms with Crippen molar-refractivity contribution in [1.82, 2.24) is 5.32 Å². The first-order valence-electron chi connectivity index (χ1n) is 15.7. The van der Waals surface area contributed by atoms with Gasteiger partial charge in [0.2, 0.25) is 5.91 Å². The van der Waals surface area contributed by atoms with Crippen LogP contribution in [0.4, 0.5) is 0 Å². The summed E-state index contributed by atoms with van der Waals surface area (Å²) in [5, 5.41) is 53.2. The molecule has 0 aromatic rings. The molecule has 7 atom stereocenters. The number of rotatable bonds is 23. The Balaban J connectivity index is 2.49. The Morgan fingerprint density at radius 2 is 1.39 bits per heavy atom. The molecule has 0 aromatic heterocycles. The standard InChI is InChI=1S/C32H57NO8/c1-3-5-7-8-9-10-11-12-13-14-15-16-17-18-20-21-26(35)25(33-28(36)22-19-6-4-2)24-40-32-31(39)30(38)29(37)27(23-34)41-32/h11-12,15-16,20-21,25-27,29-32,34-35,37-39H,3-10,13-14,17-19,22-24H2,1-2H3,(H,33,36)/b12-11+,16-15+,21-20+. The minimum Gasteiger partial charge on any atom is -0.394 e. The highest BCUT2D eigenvalue weighted by atomic mass is 16.7. The van der Waals surface area contributed by atoms with Crippen LogP contribution in [0, 0.1) is 0 Å². The third-order valence-corrected chi connectivity index (χ3v) is 7.20. The van der Waals surface area contributed by atoms with E-state index in [9.17, 15) is 30.3 Å². The number of nitrogens with one attached hydrogen (secondary N) is 1. The third-order valence-electron chi connectivity index (χ3n) is 7.20. The molecule has 238 valence electrons. The molecule has 1 aliphatic rings. The molecule has 1 rings (SSSR count). The first kappa shape index (κ1) is 37.4. The van der Waals surface area contributed by atoms with Crippen LogP contribution in [0.25, 0.3) is 0 Å². The summed E-state index contributed by atoms with van der Waals surface area (Å²) in [6, 6.07) is -0.818. The first-order valence-corrected chi connectivity index (χ1v) is 15.7. The van der Waals surface area contributed by atoms with E-state index in [-0.39, 0.29) is 12.5 Å².